The van der Waals surface area contributed by atoms with Crippen LogP contribution < -0.4 is 10.6 Å². The van der Waals surface area contributed by atoms with Crippen LogP contribution >= 0.6 is 0 Å². The standard InChI is InChI=1S/C16H20F2N2O2/c17-12-2-1-11(13(18)9-12)10-19-15(21)20-14-3-4-16(14)5-7-22-8-6-16/h1-2,9,14H,3-8,10H2,(H2,19,20,21). The van der Waals surface area contributed by atoms with Gasteiger partial charge in [0.2, 0.25) is 0 Å². The smallest absolute Gasteiger partial charge is 0.315 e. The normalized spacial score (nSPS) is 22.9. The molecular weight excluding hydrogens is 290 g/mol. The third-order valence-corrected chi connectivity index (χ3v) is 4.92. The van der Waals surface area contributed by atoms with E-state index in [1.165, 1.54) is 12.1 Å². The first-order valence-corrected chi connectivity index (χ1v) is 7.65. The molecule has 0 aromatic heterocycles. The summed E-state index contributed by atoms with van der Waals surface area (Å²) in [6.07, 6.45) is 4.04. The molecule has 1 unspecified atom stereocenters. The molecule has 2 amide bonds. The number of urea groups is 1. The third-order valence-electron chi connectivity index (χ3n) is 4.92. The number of nitrogens with one attached hydrogen (secondary N) is 2. The molecule has 3 rings (SSSR count). The van der Waals surface area contributed by atoms with Crippen LogP contribution in [-0.2, 0) is 11.3 Å². The highest BCUT2D eigenvalue weighted by Gasteiger charge is 2.47. The van der Waals surface area contributed by atoms with Gasteiger partial charge >= 0.3 is 6.03 Å². The van der Waals surface area contributed by atoms with E-state index in [1.807, 2.05) is 0 Å². The Morgan fingerprint density at radius 1 is 1.27 bits per heavy atom. The van der Waals surface area contributed by atoms with Gasteiger partial charge in [-0.2, -0.15) is 0 Å². The number of amides is 2. The number of hydrogen-bond donors (Lipinski definition) is 2. The van der Waals surface area contributed by atoms with Crippen LogP contribution in [0.25, 0.3) is 0 Å². The quantitative estimate of drug-likeness (QED) is 0.902. The zero-order valence-corrected chi connectivity index (χ0v) is 12.3. The monoisotopic (exact) mass is 310 g/mol. The van der Waals surface area contributed by atoms with E-state index in [0.29, 0.717) is 0 Å². The van der Waals surface area contributed by atoms with E-state index in [2.05, 4.69) is 10.6 Å². The molecule has 1 aliphatic carbocycles. The minimum atomic E-state index is -0.648. The zero-order valence-electron chi connectivity index (χ0n) is 12.3. The second-order valence-electron chi connectivity index (χ2n) is 6.13. The molecule has 1 aromatic rings. The van der Waals surface area contributed by atoms with Crippen molar-refractivity contribution in [2.45, 2.75) is 38.3 Å². The van der Waals surface area contributed by atoms with Crippen LogP contribution in [-0.4, -0.2) is 25.3 Å². The first kappa shape index (κ1) is 15.2. The van der Waals surface area contributed by atoms with Gasteiger partial charge in [0, 0.05) is 37.4 Å². The van der Waals surface area contributed by atoms with Crippen molar-refractivity contribution in [1.29, 1.82) is 0 Å². The number of carbonyl (C=O) groups excluding carboxylic acids is 1. The van der Waals surface area contributed by atoms with Gasteiger partial charge < -0.3 is 15.4 Å². The molecule has 1 saturated heterocycles. The van der Waals surface area contributed by atoms with Crippen LogP contribution in [0.3, 0.4) is 0 Å². The van der Waals surface area contributed by atoms with Crippen LogP contribution in [0, 0.1) is 17.0 Å². The van der Waals surface area contributed by atoms with Crippen molar-refractivity contribution in [3.05, 3.63) is 35.4 Å². The van der Waals surface area contributed by atoms with Crippen LogP contribution in [0.15, 0.2) is 18.2 Å². The van der Waals surface area contributed by atoms with Crippen molar-refractivity contribution in [3.63, 3.8) is 0 Å². The summed E-state index contributed by atoms with van der Waals surface area (Å²) in [5, 5.41) is 5.61. The van der Waals surface area contributed by atoms with Crippen molar-refractivity contribution in [2.75, 3.05) is 13.2 Å². The average Bonchev–Trinajstić information content (AvgIpc) is 2.51. The first-order chi connectivity index (χ1) is 10.6. The van der Waals surface area contributed by atoms with Gasteiger partial charge in [-0.25, -0.2) is 13.6 Å². The summed E-state index contributed by atoms with van der Waals surface area (Å²) in [6.45, 7) is 1.54. The number of rotatable bonds is 3. The summed E-state index contributed by atoms with van der Waals surface area (Å²) >= 11 is 0. The Hall–Kier alpha value is -1.69. The number of hydrogen-bond acceptors (Lipinski definition) is 2. The lowest BCUT2D eigenvalue weighted by Crippen LogP contribution is -2.58. The molecule has 120 valence electrons. The Morgan fingerprint density at radius 3 is 2.68 bits per heavy atom. The molecule has 2 aliphatic rings. The summed E-state index contributed by atoms with van der Waals surface area (Å²) in [6, 6.07) is 3.20. The fourth-order valence-electron chi connectivity index (χ4n) is 3.35. The molecule has 1 aromatic carbocycles. The SMILES string of the molecule is O=C(NCc1ccc(F)cc1F)NC1CCC12CCOCC2. The van der Waals surface area contributed by atoms with Gasteiger partial charge in [-0.05, 0) is 37.2 Å². The molecule has 4 nitrogen and oxygen atoms in total. The number of benzene rings is 1. The summed E-state index contributed by atoms with van der Waals surface area (Å²) in [5.41, 5.74) is 0.447. The van der Waals surface area contributed by atoms with Gasteiger partial charge in [0.05, 0.1) is 0 Å². The molecule has 1 spiro atoms. The molecular formula is C16H20F2N2O2. The maximum absolute atomic E-state index is 13.5. The van der Waals surface area contributed by atoms with E-state index in [1.54, 1.807) is 0 Å². The van der Waals surface area contributed by atoms with Gasteiger partial charge in [-0.15, -0.1) is 0 Å². The molecule has 1 atom stereocenters. The molecule has 0 bridgehead atoms. The second kappa shape index (κ2) is 6.20. The van der Waals surface area contributed by atoms with Crippen molar-refractivity contribution in [3.8, 4) is 0 Å². The lowest BCUT2D eigenvalue weighted by molar-refractivity contribution is -0.0511. The van der Waals surface area contributed by atoms with Crippen molar-refractivity contribution in [2.24, 2.45) is 5.41 Å². The Balaban J connectivity index is 1.50. The van der Waals surface area contributed by atoms with Crippen LogP contribution in [0.5, 0.6) is 0 Å². The van der Waals surface area contributed by atoms with Gasteiger partial charge in [0.15, 0.2) is 0 Å². The Kier molecular flexibility index (Phi) is 4.29. The Morgan fingerprint density at radius 2 is 2.05 bits per heavy atom. The number of carbonyl (C=O) groups is 1. The molecule has 2 fully saturated rings. The Labute approximate surface area is 128 Å². The van der Waals surface area contributed by atoms with Crippen LogP contribution in [0.2, 0.25) is 0 Å². The summed E-state index contributed by atoms with van der Waals surface area (Å²) in [7, 11) is 0. The maximum atomic E-state index is 13.5. The highest BCUT2D eigenvalue weighted by Crippen LogP contribution is 2.48. The van der Waals surface area contributed by atoms with Crippen LogP contribution in [0.1, 0.15) is 31.2 Å². The summed E-state index contributed by atoms with van der Waals surface area (Å²) < 4.78 is 31.7. The highest BCUT2D eigenvalue weighted by molar-refractivity contribution is 5.74. The topological polar surface area (TPSA) is 50.4 Å². The van der Waals surface area contributed by atoms with E-state index in [4.69, 9.17) is 4.74 Å². The minimum absolute atomic E-state index is 0.0424. The molecule has 6 heteroatoms. The maximum Gasteiger partial charge on any atom is 0.315 e. The van der Waals surface area contributed by atoms with E-state index in [0.717, 1.165) is 45.0 Å². The summed E-state index contributed by atoms with van der Waals surface area (Å²) in [4.78, 5) is 12.0. The second-order valence-corrected chi connectivity index (χ2v) is 6.13. The van der Waals surface area contributed by atoms with E-state index < -0.39 is 11.6 Å². The van der Waals surface area contributed by atoms with Crippen molar-refractivity contribution in [1.82, 2.24) is 10.6 Å². The van der Waals surface area contributed by atoms with E-state index >= 15 is 0 Å². The Bertz CT molecular complexity index is 559. The molecule has 1 aliphatic heterocycles. The van der Waals surface area contributed by atoms with Gasteiger partial charge in [0.1, 0.15) is 11.6 Å². The zero-order chi connectivity index (χ0) is 15.6. The fraction of sp³-hybridized carbons (Fsp3) is 0.562. The van der Waals surface area contributed by atoms with Crippen LogP contribution in [0.4, 0.5) is 13.6 Å². The third kappa shape index (κ3) is 3.06. The number of ether oxygens (including phenoxy) is 1. The van der Waals surface area contributed by atoms with E-state index in [-0.39, 0.29) is 29.6 Å². The van der Waals surface area contributed by atoms with Crippen molar-refractivity contribution < 1.29 is 18.3 Å². The molecule has 0 radical (unpaired) electrons. The molecule has 22 heavy (non-hydrogen) atoms. The largest absolute Gasteiger partial charge is 0.381 e. The fourth-order valence-corrected chi connectivity index (χ4v) is 3.35. The predicted molar refractivity (Wildman–Crippen MR) is 77.2 cm³/mol. The molecule has 1 heterocycles. The first-order valence-electron chi connectivity index (χ1n) is 7.65. The van der Waals surface area contributed by atoms with E-state index in [9.17, 15) is 13.6 Å². The van der Waals surface area contributed by atoms with Gasteiger partial charge in [-0.1, -0.05) is 6.07 Å². The van der Waals surface area contributed by atoms with Crippen molar-refractivity contribution >= 4 is 6.03 Å². The molecule has 1 saturated carbocycles. The lowest BCUT2D eigenvalue weighted by atomic mass is 9.60. The molecule has 2 N–H and O–H groups in total. The average molecular weight is 310 g/mol. The lowest BCUT2D eigenvalue weighted by Gasteiger charge is -2.51. The minimum Gasteiger partial charge on any atom is -0.381 e. The number of halogens is 2. The van der Waals surface area contributed by atoms with Gasteiger partial charge in [-0.3, -0.25) is 0 Å². The predicted octanol–water partition coefficient (Wildman–Crippen LogP) is 2.72. The highest BCUT2D eigenvalue weighted by atomic mass is 19.1. The van der Waals surface area contributed by atoms with Gasteiger partial charge in [0.25, 0.3) is 0 Å². The summed E-state index contributed by atoms with van der Waals surface area (Å²) in [5.74, 6) is -1.27.